The van der Waals surface area contributed by atoms with Crippen molar-refractivity contribution in [2.45, 2.75) is 13.0 Å². The van der Waals surface area contributed by atoms with Crippen LogP contribution in [0.1, 0.15) is 28.9 Å². The first-order chi connectivity index (χ1) is 12.8. The summed E-state index contributed by atoms with van der Waals surface area (Å²) in [4.78, 5) is 24.3. The van der Waals surface area contributed by atoms with Gasteiger partial charge in [0.1, 0.15) is 17.1 Å². The zero-order valence-electron chi connectivity index (χ0n) is 15.0. The largest absolute Gasteiger partial charge is 0.497 e. The predicted octanol–water partition coefficient (Wildman–Crippen LogP) is 4.04. The monoisotopic (exact) mass is 411 g/mol. The van der Waals surface area contributed by atoms with Crippen molar-refractivity contribution in [3.8, 4) is 11.5 Å². The summed E-state index contributed by atoms with van der Waals surface area (Å²) in [7, 11) is 2.93. The number of benzene rings is 2. The summed E-state index contributed by atoms with van der Waals surface area (Å²) in [6, 6.07) is 9.42. The van der Waals surface area contributed by atoms with E-state index in [0.717, 1.165) is 5.56 Å². The van der Waals surface area contributed by atoms with Gasteiger partial charge in [-0.2, -0.15) is 0 Å². The lowest BCUT2D eigenvalue weighted by Gasteiger charge is -2.15. The van der Waals surface area contributed by atoms with Crippen molar-refractivity contribution in [2.24, 2.45) is 0 Å². The van der Waals surface area contributed by atoms with Crippen molar-refractivity contribution >= 4 is 35.1 Å². The molecular weight excluding hydrogens is 393 g/mol. The van der Waals surface area contributed by atoms with Gasteiger partial charge in [0, 0.05) is 6.07 Å². The van der Waals surface area contributed by atoms with Crippen molar-refractivity contribution in [3.05, 3.63) is 57.6 Å². The second kappa shape index (κ2) is 9.48. The molecule has 2 rings (SSSR count). The predicted molar refractivity (Wildman–Crippen MR) is 103 cm³/mol. The fourth-order valence-corrected chi connectivity index (χ4v) is 2.63. The first-order valence-electron chi connectivity index (χ1n) is 7.99. The van der Waals surface area contributed by atoms with Gasteiger partial charge in [-0.3, -0.25) is 4.79 Å². The lowest BCUT2D eigenvalue weighted by Crippen LogP contribution is -2.31. The third-order valence-electron chi connectivity index (χ3n) is 3.78. The molecule has 0 aliphatic rings. The van der Waals surface area contributed by atoms with Gasteiger partial charge in [0.15, 0.2) is 6.61 Å². The first kappa shape index (κ1) is 20.9. The molecule has 0 aromatic heterocycles. The molecule has 1 amide bonds. The summed E-state index contributed by atoms with van der Waals surface area (Å²) >= 11 is 11.9. The van der Waals surface area contributed by atoms with E-state index in [9.17, 15) is 9.59 Å². The maximum Gasteiger partial charge on any atom is 0.342 e. The second-order valence-corrected chi connectivity index (χ2v) is 6.42. The quantitative estimate of drug-likeness (QED) is 0.695. The number of esters is 1. The van der Waals surface area contributed by atoms with Gasteiger partial charge in [-0.05, 0) is 36.8 Å². The number of methoxy groups -OCH3 is 2. The maximum atomic E-state index is 12.2. The third kappa shape index (κ3) is 5.52. The number of halogens is 2. The molecule has 0 saturated heterocycles. The SMILES string of the molecule is COc1ccc(C(=O)OCC(=O)N[C@H](C)c2ccc(Cl)c(Cl)c2)c(OC)c1. The number of rotatable bonds is 7. The van der Waals surface area contributed by atoms with Crippen LogP contribution in [0.3, 0.4) is 0 Å². The van der Waals surface area contributed by atoms with Crippen molar-refractivity contribution in [1.29, 1.82) is 0 Å². The summed E-state index contributed by atoms with van der Waals surface area (Å²) in [5.74, 6) is -0.290. The third-order valence-corrected chi connectivity index (χ3v) is 4.52. The van der Waals surface area contributed by atoms with Gasteiger partial charge in [-0.25, -0.2) is 4.79 Å². The van der Waals surface area contributed by atoms with Crippen LogP contribution in [0.25, 0.3) is 0 Å². The molecular formula is C19H19Cl2NO5. The zero-order valence-corrected chi connectivity index (χ0v) is 16.6. The number of hydrogen-bond acceptors (Lipinski definition) is 5. The Balaban J connectivity index is 1.94. The van der Waals surface area contributed by atoms with Gasteiger partial charge >= 0.3 is 5.97 Å². The zero-order chi connectivity index (χ0) is 20.0. The molecule has 0 saturated carbocycles. The average molecular weight is 412 g/mol. The van der Waals surface area contributed by atoms with Crippen molar-refractivity contribution in [2.75, 3.05) is 20.8 Å². The molecule has 0 unspecified atom stereocenters. The lowest BCUT2D eigenvalue weighted by molar-refractivity contribution is -0.124. The number of carbonyl (C=O) groups excluding carboxylic acids is 2. The highest BCUT2D eigenvalue weighted by Crippen LogP contribution is 2.26. The number of amides is 1. The number of ether oxygens (including phenoxy) is 3. The van der Waals surface area contributed by atoms with Gasteiger partial charge in [0.05, 0.1) is 30.3 Å². The van der Waals surface area contributed by atoms with Gasteiger partial charge in [-0.1, -0.05) is 29.3 Å². The van der Waals surface area contributed by atoms with Crippen LogP contribution in [-0.2, 0) is 9.53 Å². The number of carbonyl (C=O) groups is 2. The highest BCUT2D eigenvalue weighted by molar-refractivity contribution is 6.42. The molecule has 0 heterocycles. The molecule has 1 atom stereocenters. The van der Waals surface area contributed by atoms with E-state index in [0.29, 0.717) is 21.5 Å². The highest BCUT2D eigenvalue weighted by Gasteiger charge is 2.17. The molecule has 144 valence electrons. The molecule has 0 radical (unpaired) electrons. The van der Waals surface area contributed by atoms with Crippen LogP contribution in [0, 0.1) is 0 Å². The fourth-order valence-electron chi connectivity index (χ4n) is 2.32. The first-order valence-corrected chi connectivity index (χ1v) is 8.74. The van der Waals surface area contributed by atoms with Crippen LogP contribution in [0.2, 0.25) is 10.0 Å². The number of nitrogens with one attached hydrogen (secondary N) is 1. The minimum absolute atomic E-state index is 0.198. The van der Waals surface area contributed by atoms with Gasteiger partial charge in [-0.15, -0.1) is 0 Å². The van der Waals surface area contributed by atoms with E-state index in [1.807, 2.05) is 0 Å². The Morgan fingerprint density at radius 1 is 1.04 bits per heavy atom. The van der Waals surface area contributed by atoms with Crippen molar-refractivity contribution < 1.29 is 23.8 Å². The van der Waals surface area contributed by atoms with Crippen molar-refractivity contribution in [3.63, 3.8) is 0 Å². The van der Waals surface area contributed by atoms with E-state index in [2.05, 4.69) is 5.32 Å². The molecule has 0 spiro atoms. The van der Waals surface area contributed by atoms with Crippen molar-refractivity contribution in [1.82, 2.24) is 5.32 Å². The lowest BCUT2D eigenvalue weighted by atomic mass is 10.1. The summed E-state index contributed by atoms with van der Waals surface area (Å²) in [6.07, 6.45) is 0. The van der Waals surface area contributed by atoms with Gasteiger partial charge in [0.2, 0.25) is 0 Å². The summed E-state index contributed by atoms with van der Waals surface area (Å²) in [5, 5.41) is 3.56. The minimum Gasteiger partial charge on any atom is -0.497 e. The average Bonchev–Trinajstić information content (AvgIpc) is 2.67. The Morgan fingerprint density at radius 2 is 1.78 bits per heavy atom. The number of hydrogen-bond donors (Lipinski definition) is 1. The molecule has 6 nitrogen and oxygen atoms in total. The highest BCUT2D eigenvalue weighted by atomic mass is 35.5. The Labute approximate surface area is 167 Å². The van der Waals surface area contributed by atoms with Crippen LogP contribution in [0.4, 0.5) is 0 Å². The van der Waals surface area contributed by atoms with Crippen LogP contribution >= 0.6 is 23.2 Å². The summed E-state index contributed by atoms with van der Waals surface area (Å²) in [6.45, 7) is 1.35. The normalized spacial score (nSPS) is 11.4. The molecule has 1 N–H and O–H groups in total. The van der Waals surface area contributed by atoms with Crippen LogP contribution in [0.15, 0.2) is 36.4 Å². The second-order valence-electron chi connectivity index (χ2n) is 5.61. The van der Waals surface area contributed by atoms with E-state index in [1.165, 1.54) is 20.3 Å². The Bertz CT molecular complexity index is 841. The van der Waals surface area contributed by atoms with Gasteiger partial charge < -0.3 is 19.5 Å². The standard InChI is InChI=1S/C19H19Cl2NO5/c1-11(12-4-7-15(20)16(21)8-12)22-18(23)10-27-19(24)14-6-5-13(25-2)9-17(14)26-3/h4-9,11H,10H2,1-3H3,(H,22,23)/t11-/m1/s1. The molecule has 0 fully saturated rings. The molecule has 8 heteroatoms. The van der Waals surface area contributed by atoms with E-state index in [-0.39, 0.29) is 11.6 Å². The Hall–Kier alpha value is -2.44. The topological polar surface area (TPSA) is 73.9 Å². The Morgan fingerprint density at radius 3 is 2.41 bits per heavy atom. The minimum atomic E-state index is -0.674. The molecule has 0 aliphatic carbocycles. The van der Waals surface area contributed by atoms with Gasteiger partial charge in [0.25, 0.3) is 5.91 Å². The van der Waals surface area contributed by atoms with Crippen LogP contribution in [-0.4, -0.2) is 32.7 Å². The molecule has 2 aromatic carbocycles. The maximum absolute atomic E-state index is 12.2. The smallest absolute Gasteiger partial charge is 0.342 e. The fraction of sp³-hybridized carbons (Fsp3) is 0.263. The van der Waals surface area contributed by atoms with Crippen LogP contribution in [0.5, 0.6) is 11.5 Å². The summed E-state index contributed by atoms with van der Waals surface area (Å²) in [5.41, 5.74) is 0.976. The van der Waals surface area contributed by atoms with E-state index in [4.69, 9.17) is 37.4 Å². The van der Waals surface area contributed by atoms with E-state index < -0.39 is 18.5 Å². The molecule has 2 aromatic rings. The van der Waals surface area contributed by atoms with E-state index >= 15 is 0 Å². The summed E-state index contributed by atoms with van der Waals surface area (Å²) < 4.78 is 15.3. The molecule has 0 aliphatic heterocycles. The molecule has 27 heavy (non-hydrogen) atoms. The molecule has 0 bridgehead atoms. The Kier molecular flexibility index (Phi) is 7.33. The van der Waals surface area contributed by atoms with Crippen LogP contribution < -0.4 is 14.8 Å². The van der Waals surface area contributed by atoms with E-state index in [1.54, 1.807) is 37.3 Å².